The Balaban J connectivity index is 1.50. The molecule has 0 aliphatic carbocycles. The molecule has 4 unspecified atom stereocenters. The first kappa shape index (κ1) is 28.8. The third-order valence-corrected chi connectivity index (χ3v) is 11.0. The third-order valence-electron chi connectivity index (χ3n) is 8.53. The van der Waals surface area contributed by atoms with Gasteiger partial charge in [-0.25, -0.2) is 13.1 Å². The molecule has 0 fully saturated rings. The maximum Gasteiger partial charge on any atom is 0.304 e. The Kier molecular flexibility index (Phi) is 7.92. The Labute approximate surface area is 241 Å². The van der Waals surface area contributed by atoms with Gasteiger partial charge in [0.2, 0.25) is 0 Å². The molecule has 0 bridgehead atoms. The van der Waals surface area contributed by atoms with Gasteiger partial charge in [0.15, 0.2) is 9.84 Å². The lowest BCUT2D eigenvalue weighted by Gasteiger charge is -2.30. The lowest BCUT2D eigenvalue weighted by atomic mass is 9.83. The van der Waals surface area contributed by atoms with Gasteiger partial charge in [-0.2, -0.15) is 0 Å². The topological polar surface area (TPSA) is 111 Å². The average molecular weight is 576 g/mol. The Hall–Kier alpha value is -3.72. The number of para-hydroxylation sites is 1. The zero-order valence-electron chi connectivity index (χ0n) is 24.2. The highest BCUT2D eigenvalue weighted by Gasteiger charge is 2.36. The minimum atomic E-state index is -3.63. The van der Waals surface area contributed by atoms with Gasteiger partial charge >= 0.3 is 5.97 Å². The van der Waals surface area contributed by atoms with Gasteiger partial charge < -0.3 is 9.84 Å². The van der Waals surface area contributed by atoms with Gasteiger partial charge in [-0.15, -0.1) is 5.10 Å². The highest BCUT2D eigenvalue weighted by Crippen LogP contribution is 2.38. The summed E-state index contributed by atoms with van der Waals surface area (Å²) in [6.45, 7) is 7.96. The van der Waals surface area contributed by atoms with Gasteiger partial charge in [0.1, 0.15) is 16.2 Å². The molecule has 0 saturated carbocycles. The van der Waals surface area contributed by atoms with Crippen molar-refractivity contribution in [1.29, 1.82) is 0 Å². The largest absolute Gasteiger partial charge is 0.489 e. The van der Waals surface area contributed by atoms with E-state index in [0.29, 0.717) is 25.0 Å². The van der Waals surface area contributed by atoms with E-state index in [1.807, 2.05) is 59.0 Å². The maximum atomic E-state index is 13.9. The molecule has 1 aliphatic heterocycles. The van der Waals surface area contributed by atoms with Crippen LogP contribution in [0.3, 0.4) is 0 Å². The lowest BCUT2D eigenvalue weighted by molar-refractivity contribution is -0.137. The van der Waals surface area contributed by atoms with Gasteiger partial charge in [0.25, 0.3) is 0 Å². The second kappa shape index (κ2) is 11.3. The van der Waals surface area contributed by atoms with Crippen LogP contribution in [0.1, 0.15) is 66.8 Å². The molecule has 0 amide bonds. The van der Waals surface area contributed by atoms with Crippen LogP contribution in [-0.2, 0) is 28.1 Å². The minimum absolute atomic E-state index is 0.0731. The zero-order chi connectivity index (χ0) is 29.5. The van der Waals surface area contributed by atoms with E-state index in [9.17, 15) is 18.3 Å². The van der Waals surface area contributed by atoms with Gasteiger partial charge in [0.05, 0.1) is 23.3 Å². The Morgan fingerprint density at radius 1 is 1.12 bits per heavy atom. The van der Waals surface area contributed by atoms with Crippen molar-refractivity contribution < 1.29 is 23.1 Å². The number of aromatic nitrogens is 3. The lowest BCUT2D eigenvalue weighted by Crippen LogP contribution is -2.33. The minimum Gasteiger partial charge on any atom is -0.489 e. The fraction of sp³-hybridized carbons (Fsp3) is 0.406. The van der Waals surface area contributed by atoms with Crippen molar-refractivity contribution in [2.45, 2.75) is 75.5 Å². The smallest absolute Gasteiger partial charge is 0.304 e. The molecule has 2 heterocycles. The third kappa shape index (κ3) is 5.60. The highest BCUT2D eigenvalue weighted by atomic mass is 32.2. The first-order chi connectivity index (χ1) is 19.5. The number of ether oxygens (including phenoxy) is 1. The standard InChI is InChI=1S/C32H37N3O5S/c1-19-10-12-23(26(18-31(36)37)25-13-14-27-32(22(25)4)33-34-35(27)5)17-24(19)16-20(2)29-15-11-21(3)40-28-8-6-7-9-30(28)41(29,38)39/h6-10,12-14,17,20-21,26,29H,11,15-16,18H2,1-5H3,(H,36,37). The van der Waals surface area contributed by atoms with Crippen LogP contribution in [-0.4, -0.2) is 45.8 Å². The number of nitrogens with zero attached hydrogens (tertiary/aromatic N) is 3. The predicted octanol–water partition coefficient (Wildman–Crippen LogP) is 5.77. The molecule has 41 heavy (non-hydrogen) atoms. The number of rotatable bonds is 7. The molecule has 1 N–H and O–H groups in total. The van der Waals surface area contributed by atoms with Crippen molar-refractivity contribution in [3.63, 3.8) is 0 Å². The van der Waals surface area contributed by atoms with E-state index < -0.39 is 21.1 Å². The molecule has 3 aromatic carbocycles. The van der Waals surface area contributed by atoms with E-state index in [0.717, 1.165) is 38.9 Å². The number of fused-ring (bicyclic) bond motifs is 2. The average Bonchev–Trinajstić information content (AvgIpc) is 3.30. The normalized spacial score (nSPS) is 19.9. The summed E-state index contributed by atoms with van der Waals surface area (Å²) >= 11 is 0. The van der Waals surface area contributed by atoms with E-state index >= 15 is 0 Å². The van der Waals surface area contributed by atoms with Gasteiger partial charge in [-0.05, 0) is 92.0 Å². The second-order valence-electron chi connectivity index (χ2n) is 11.4. The molecule has 216 valence electrons. The van der Waals surface area contributed by atoms with Crippen LogP contribution < -0.4 is 4.74 Å². The number of benzene rings is 3. The van der Waals surface area contributed by atoms with Crippen LogP contribution in [0, 0.1) is 19.8 Å². The summed E-state index contributed by atoms with van der Waals surface area (Å²) in [6.07, 6.45) is 1.56. The molecule has 0 radical (unpaired) electrons. The summed E-state index contributed by atoms with van der Waals surface area (Å²) < 4.78 is 35.4. The van der Waals surface area contributed by atoms with E-state index in [4.69, 9.17) is 4.74 Å². The summed E-state index contributed by atoms with van der Waals surface area (Å²) in [5.41, 5.74) is 6.42. The van der Waals surface area contributed by atoms with Crippen LogP contribution >= 0.6 is 0 Å². The van der Waals surface area contributed by atoms with Crippen LogP contribution in [0.25, 0.3) is 11.0 Å². The van der Waals surface area contributed by atoms with Crippen molar-refractivity contribution in [2.24, 2.45) is 13.0 Å². The zero-order valence-corrected chi connectivity index (χ0v) is 25.0. The van der Waals surface area contributed by atoms with E-state index in [1.165, 1.54) is 0 Å². The fourth-order valence-electron chi connectivity index (χ4n) is 6.18. The predicted molar refractivity (Wildman–Crippen MR) is 158 cm³/mol. The molecule has 0 saturated heterocycles. The van der Waals surface area contributed by atoms with Crippen LogP contribution in [0.4, 0.5) is 0 Å². The van der Waals surface area contributed by atoms with Gasteiger partial charge in [-0.1, -0.05) is 48.5 Å². The quantitative estimate of drug-likeness (QED) is 0.298. The van der Waals surface area contributed by atoms with Crippen LogP contribution in [0.15, 0.2) is 59.5 Å². The number of aliphatic carboxylic acids is 1. The van der Waals surface area contributed by atoms with Crippen molar-refractivity contribution in [2.75, 3.05) is 0 Å². The molecule has 0 spiro atoms. The van der Waals surface area contributed by atoms with Crippen LogP contribution in [0.2, 0.25) is 0 Å². The number of hydrogen-bond acceptors (Lipinski definition) is 6. The summed E-state index contributed by atoms with van der Waals surface area (Å²) in [5, 5.41) is 17.7. The molecule has 1 aromatic heterocycles. The maximum absolute atomic E-state index is 13.9. The first-order valence-corrected chi connectivity index (χ1v) is 15.6. The SMILES string of the molecule is Cc1ccc(C(CC(=O)O)c2ccc3c(nnn3C)c2C)cc1CC(C)C1CCC(C)Oc2ccccc2S1(=O)=O. The number of carboxylic acids is 1. The molecule has 1 aliphatic rings. The van der Waals surface area contributed by atoms with Crippen molar-refractivity contribution in [3.05, 3.63) is 82.4 Å². The molecular weight excluding hydrogens is 538 g/mol. The number of carbonyl (C=O) groups is 1. The van der Waals surface area contributed by atoms with E-state index in [-0.39, 0.29) is 29.3 Å². The van der Waals surface area contributed by atoms with Crippen molar-refractivity contribution in [3.8, 4) is 5.75 Å². The molecule has 4 aromatic rings. The molecular formula is C32H37N3O5S. The van der Waals surface area contributed by atoms with Crippen LogP contribution in [0.5, 0.6) is 5.75 Å². The molecule has 9 heteroatoms. The fourth-order valence-corrected chi connectivity index (χ4v) is 8.33. The first-order valence-electron chi connectivity index (χ1n) is 14.1. The second-order valence-corrected chi connectivity index (χ2v) is 13.5. The molecule has 4 atom stereocenters. The van der Waals surface area contributed by atoms with E-state index in [2.05, 4.69) is 16.4 Å². The van der Waals surface area contributed by atoms with E-state index in [1.54, 1.807) is 28.9 Å². The van der Waals surface area contributed by atoms with Gasteiger partial charge in [-0.3, -0.25) is 4.79 Å². The molecule has 5 rings (SSSR count). The molecule has 8 nitrogen and oxygen atoms in total. The van der Waals surface area contributed by atoms with Crippen molar-refractivity contribution >= 4 is 26.8 Å². The Morgan fingerprint density at radius 2 is 1.88 bits per heavy atom. The van der Waals surface area contributed by atoms with Crippen molar-refractivity contribution in [1.82, 2.24) is 15.0 Å². The number of hydrogen-bond donors (Lipinski definition) is 1. The highest BCUT2D eigenvalue weighted by molar-refractivity contribution is 7.92. The summed E-state index contributed by atoms with van der Waals surface area (Å²) in [7, 11) is -1.79. The number of sulfone groups is 1. The number of aryl methyl sites for hydroxylation is 3. The summed E-state index contributed by atoms with van der Waals surface area (Å²) in [6, 6.07) is 16.9. The summed E-state index contributed by atoms with van der Waals surface area (Å²) in [5.74, 6) is -1.02. The Bertz CT molecular complexity index is 1710. The number of carboxylic acid groups (broad SMARTS) is 1. The summed E-state index contributed by atoms with van der Waals surface area (Å²) in [4.78, 5) is 12.3. The monoisotopic (exact) mass is 575 g/mol. The van der Waals surface area contributed by atoms with Gasteiger partial charge in [0, 0.05) is 13.0 Å². The Morgan fingerprint density at radius 3 is 2.63 bits per heavy atom.